The fourth-order valence-electron chi connectivity index (χ4n) is 1.45. The second-order valence-corrected chi connectivity index (χ2v) is 6.58. The van der Waals surface area contributed by atoms with Crippen LogP contribution in [0.25, 0.3) is 0 Å². The van der Waals surface area contributed by atoms with E-state index in [4.69, 9.17) is 20.8 Å². The normalized spacial score (nSPS) is 13.6. The van der Waals surface area contributed by atoms with Crippen LogP contribution in [0.4, 0.5) is 0 Å². The van der Waals surface area contributed by atoms with Gasteiger partial charge < -0.3 is 9.15 Å². The van der Waals surface area contributed by atoms with E-state index in [0.29, 0.717) is 32.1 Å². The molecule has 0 fully saturated rings. The fourth-order valence-corrected chi connectivity index (χ4v) is 3.13. The number of rotatable bonds is 10. The van der Waals surface area contributed by atoms with Crippen LogP contribution >= 0.6 is 11.6 Å². The van der Waals surface area contributed by atoms with Crippen molar-refractivity contribution in [2.24, 2.45) is 5.92 Å². The second kappa shape index (κ2) is 8.58. The molecule has 0 saturated heterocycles. The molecule has 0 aromatic carbocycles. The van der Waals surface area contributed by atoms with Gasteiger partial charge >= 0.3 is 0 Å². The molecule has 1 unspecified atom stereocenters. The van der Waals surface area contributed by atoms with Crippen LogP contribution in [0.1, 0.15) is 19.1 Å². The summed E-state index contributed by atoms with van der Waals surface area (Å²) in [5.74, 6) is 1.11. The lowest BCUT2D eigenvalue weighted by molar-refractivity contribution is 0.105. The minimum atomic E-state index is -3.23. The summed E-state index contributed by atoms with van der Waals surface area (Å²) in [5.41, 5.74) is 0. The first-order valence-electron chi connectivity index (χ1n) is 6.17. The number of furan rings is 1. The van der Waals surface area contributed by atoms with Crippen LogP contribution in [0.3, 0.4) is 0 Å². The Bertz CT molecular complexity index is 433. The van der Waals surface area contributed by atoms with Gasteiger partial charge in [0.1, 0.15) is 12.4 Å². The molecule has 1 aromatic rings. The van der Waals surface area contributed by atoms with E-state index < -0.39 is 10.0 Å². The van der Waals surface area contributed by atoms with Crippen LogP contribution in [-0.4, -0.2) is 33.2 Å². The molecule has 1 aromatic heterocycles. The highest BCUT2D eigenvalue weighted by Crippen LogP contribution is 2.03. The first-order valence-corrected chi connectivity index (χ1v) is 8.35. The van der Waals surface area contributed by atoms with Crippen molar-refractivity contribution in [3.05, 3.63) is 24.2 Å². The lowest BCUT2D eigenvalue weighted by Crippen LogP contribution is -2.30. The van der Waals surface area contributed by atoms with Gasteiger partial charge in [0.25, 0.3) is 0 Å². The summed E-state index contributed by atoms with van der Waals surface area (Å²) in [4.78, 5) is 0. The van der Waals surface area contributed by atoms with E-state index in [1.807, 2.05) is 6.07 Å². The monoisotopic (exact) mass is 309 g/mol. The van der Waals surface area contributed by atoms with Crippen molar-refractivity contribution >= 4 is 21.6 Å². The summed E-state index contributed by atoms with van der Waals surface area (Å²) >= 11 is 5.59. The van der Waals surface area contributed by atoms with Gasteiger partial charge in [-0.3, -0.25) is 0 Å². The molecule has 0 amide bonds. The number of halogens is 1. The van der Waals surface area contributed by atoms with Gasteiger partial charge in [0.2, 0.25) is 10.0 Å². The predicted molar refractivity (Wildman–Crippen MR) is 74.7 cm³/mol. The maximum Gasteiger partial charge on any atom is 0.211 e. The third-order valence-electron chi connectivity index (χ3n) is 2.38. The Balaban J connectivity index is 2.06. The zero-order valence-electron chi connectivity index (χ0n) is 11.0. The smallest absolute Gasteiger partial charge is 0.211 e. The molecule has 19 heavy (non-hydrogen) atoms. The van der Waals surface area contributed by atoms with Gasteiger partial charge in [0, 0.05) is 19.0 Å². The van der Waals surface area contributed by atoms with E-state index in [2.05, 4.69) is 4.72 Å². The summed E-state index contributed by atoms with van der Waals surface area (Å²) in [6.07, 6.45) is 2.21. The van der Waals surface area contributed by atoms with E-state index in [-0.39, 0.29) is 11.7 Å². The van der Waals surface area contributed by atoms with E-state index in [1.54, 1.807) is 19.3 Å². The molecule has 0 aliphatic heterocycles. The molecule has 1 heterocycles. The Kier molecular flexibility index (Phi) is 7.45. The molecule has 5 nitrogen and oxygen atoms in total. The van der Waals surface area contributed by atoms with Crippen molar-refractivity contribution in [2.75, 3.05) is 24.8 Å². The van der Waals surface area contributed by atoms with Gasteiger partial charge in [0.05, 0.1) is 12.0 Å². The van der Waals surface area contributed by atoms with Crippen LogP contribution in [0.2, 0.25) is 0 Å². The maximum absolute atomic E-state index is 11.6. The topological polar surface area (TPSA) is 68.5 Å². The Hall–Kier alpha value is -0.560. The molecule has 1 N–H and O–H groups in total. The molecule has 1 rings (SSSR count). The summed E-state index contributed by atoms with van der Waals surface area (Å²) in [6.45, 7) is 3.06. The van der Waals surface area contributed by atoms with Crippen molar-refractivity contribution in [3.63, 3.8) is 0 Å². The summed E-state index contributed by atoms with van der Waals surface area (Å²) in [6, 6.07) is 3.63. The standard InChI is InChI=1S/C12H20ClNO4S/c1-11(8-13)10-19(15,16)14-5-3-6-17-9-12-4-2-7-18-12/h2,4,7,11,14H,3,5-6,8-10H2,1H3. The van der Waals surface area contributed by atoms with Gasteiger partial charge in [-0.25, -0.2) is 13.1 Å². The molecular weight excluding hydrogens is 290 g/mol. The number of alkyl halides is 1. The van der Waals surface area contributed by atoms with E-state index in [0.717, 1.165) is 5.76 Å². The molecule has 0 aliphatic rings. The quantitative estimate of drug-likeness (QED) is 0.530. The molecule has 0 spiro atoms. The fraction of sp³-hybridized carbons (Fsp3) is 0.667. The number of hydrogen-bond donors (Lipinski definition) is 1. The largest absolute Gasteiger partial charge is 0.467 e. The van der Waals surface area contributed by atoms with Crippen molar-refractivity contribution in [2.45, 2.75) is 20.0 Å². The molecule has 1 atom stereocenters. The van der Waals surface area contributed by atoms with E-state index >= 15 is 0 Å². The first-order chi connectivity index (χ1) is 9.03. The average Bonchev–Trinajstić information content (AvgIpc) is 2.86. The van der Waals surface area contributed by atoms with Gasteiger partial charge in [-0.15, -0.1) is 11.6 Å². The lowest BCUT2D eigenvalue weighted by atomic mass is 10.3. The molecule has 0 bridgehead atoms. The van der Waals surface area contributed by atoms with E-state index in [9.17, 15) is 8.42 Å². The maximum atomic E-state index is 11.6. The summed E-state index contributed by atoms with van der Waals surface area (Å²) in [7, 11) is -3.23. The minimum Gasteiger partial charge on any atom is -0.467 e. The van der Waals surface area contributed by atoms with Crippen LogP contribution < -0.4 is 4.72 Å². The summed E-state index contributed by atoms with van der Waals surface area (Å²) in [5, 5.41) is 0. The Morgan fingerprint density at radius 1 is 1.53 bits per heavy atom. The van der Waals surface area contributed by atoms with Crippen LogP contribution in [0.15, 0.2) is 22.8 Å². The second-order valence-electron chi connectivity index (χ2n) is 4.42. The Labute approximate surface area is 119 Å². The highest BCUT2D eigenvalue weighted by atomic mass is 35.5. The lowest BCUT2D eigenvalue weighted by Gasteiger charge is -2.10. The Morgan fingerprint density at radius 2 is 2.32 bits per heavy atom. The number of sulfonamides is 1. The number of nitrogens with one attached hydrogen (secondary N) is 1. The molecule has 0 saturated carbocycles. The number of ether oxygens (including phenoxy) is 1. The minimum absolute atomic E-state index is 0.0469. The molecular formula is C12H20ClNO4S. The SMILES string of the molecule is CC(CCl)CS(=O)(=O)NCCCOCc1ccco1. The predicted octanol–water partition coefficient (Wildman–Crippen LogP) is 1.98. The third-order valence-corrected chi connectivity index (χ3v) is 4.56. The van der Waals surface area contributed by atoms with Crippen LogP contribution in [0, 0.1) is 5.92 Å². The average molecular weight is 310 g/mol. The zero-order chi connectivity index (χ0) is 14.1. The highest BCUT2D eigenvalue weighted by molar-refractivity contribution is 7.89. The van der Waals surface area contributed by atoms with E-state index in [1.165, 1.54) is 0 Å². The first kappa shape index (κ1) is 16.5. The third kappa shape index (κ3) is 7.57. The zero-order valence-corrected chi connectivity index (χ0v) is 12.5. The number of hydrogen-bond acceptors (Lipinski definition) is 4. The highest BCUT2D eigenvalue weighted by Gasteiger charge is 2.13. The van der Waals surface area contributed by atoms with Crippen molar-refractivity contribution in [1.29, 1.82) is 0 Å². The van der Waals surface area contributed by atoms with Crippen molar-refractivity contribution in [3.8, 4) is 0 Å². The van der Waals surface area contributed by atoms with Gasteiger partial charge in [-0.2, -0.15) is 0 Å². The van der Waals surface area contributed by atoms with Gasteiger partial charge in [-0.05, 0) is 24.5 Å². The van der Waals surface area contributed by atoms with Crippen molar-refractivity contribution in [1.82, 2.24) is 4.72 Å². The molecule has 110 valence electrons. The summed E-state index contributed by atoms with van der Waals surface area (Å²) < 4.78 is 36.2. The Morgan fingerprint density at radius 3 is 2.95 bits per heavy atom. The molecule has 0 radical (unpaired) electrons. The van der Waals surface area contributed by atoms with Gasteiger partial charge in [-0.1, -0.05) is 6.92 Å². The van der Waals surface area contributed by atoms with Crippen LogP contribution in [0.5, 0.6) is 0 Å². The van der Waals surface area contributed by atoms with Crippen LogP contribution in [-0.2, 0) is 21.4 Å². The molecule has 7 heteroatoms. The molecule has 0 aliphatic carbocycles. The van der Waals surface area contributed by atoms with Crippen molar-refractivity contribution < 1.29 is 17.6 Å². The van der Waals surface area contributed by atoms with Gasteiger partial charge in [0.15, 0.2) is 0 Å².